The summed E-state index contributed by atoms with van der Waals surface area (Å²) in [5.41, 5.74) is 0.690. The Balaban J connectivity index is 3.10. The van der Waals surface area contributed by atoms with Gasteiger partial charge in [-0.15, -0.1) is 0 Å². The van der Waals surface area contributed by atoms with Crippen LogP contribution in [0.15, 0.2) is 18.2 Å². The molecule has 2 N–H and O–H groups in total. The van der Waals surface area contributed by atoms with Gasteiger partial charge >= 0.3 is 0 Å². The number of nitrogens with one attached hydrogen (secondary N) is 1. The van der Waals surface area contributed by atoms with Crippen LogP contribution in [0.25, 0.3) is 0 Å². The number of anilines is 1. The quantitative estimate of drug-likeness (QED) is 0.583. The average molecular weight is 281 g/mol. The fourth-order valence-corrected chi connectivity index (χ4v) is 1.88. The van der Waals surface area contributed by atoms with Crippen LogP contribution in [-0.2, 0) is 0 Å². The molecule has 0 aromatic heterocycles. The number of nitrogens with zero attached hydrogens (tertiary/aromatic N) is 2. The fourth-order valence-electron chi connectivity index (χ4n) is 1.88. The van der Waals surface area contributed by atoms with Crippen molar-refractivity contribution < 1.29 is 14.8 Å². The third-order valence-electron chi connectivity index (χ3n) is 2.97. The molecule has 0 atom stereocenters. The van der Waals surface area contributed by atoms with Gasteiger partial charge in [-0.3, -0.25) is 14.9 Å². The van der Waals surface area contributed by atoms with Gasteiger partial charge in [-0.25, -0.2) is 0 Å². The summed E-state index contributed by atoms with van der Waals surface area (Å²) in [7, 11) is 1.65. The molecule has 0 saturated carbocycles. The smallest absolute Gasteiger partial charge is 0.270 e. The van der Waals surface area contributed by atoms with E-state index in [0.29, 0.717) is 25.2 Å². The summed E-state index contributed by atoms with van der Waals surface area (Å²) in [6.45, 7) is 2.71. The lowest BCUT2D eigenvalue weighted by molar-refractivity contribution is -0.384. The molecule has 110 valence electrons. The highest BCUT2D eigenvalue weighted by atomic mass is 16.6. The monoisotopic (exact) mass is 281 g/mol. The molecule has 7 heteroatoms. The van der Waals surface area contributed by atoms with E-state index in [9.17, 15) is 14.9 Å². The summed E-state index contributed by atoms with van der Waals surface area (Å²) in [6, 6.07) is 4.15. The molecule has 0 fully saturated rings. The Kier molecular flexibility index (Phi) is 5.92. The fraction of sp³-hybridized carbons (Fsp3) is 0.462. The summed E-state index contributed by atoms with van der Waals surface area (Å²) in [4.78, 5) is 24.3. The predicted octanol–water partition coefficient (Wildman–Crippen LogP) is 1.48. The average Bonchev–Trinajstić information content (AvgIpc) is 2.46. The van der Waals surface area contributed by atoms with E-state index in [1.165, 1.54) is 18.2 Å². The van der Waals surface area contributed by atoms with Crippen LogP contribution < -0.4 is 5.32 Å². The van der Waals surface area contributed by atoms with Crippen molar-refractivity contribution in [3.05, 3.63) is 33.9 Å². The number of rotatable bonds is 7. The van der Waals surface area contributed by atoms with Gasteiger partial charge in [0, 0.05) is 44.6 Å². The Bertz CT molecular complexity index is 491. The molecule has 0 radical (unpaired) electrons. The normalized spacial score (nSPS) is 10.2. The van der Waals surface area contributed by atoms with Crippen molar-refractivity contribution in [3.8, 4) is 0 Å². The van der Waals surface area contributed by atoms with Crippen molar-refractivity contribution in [3.63, 3.8) is 0 Å². The summed E-state index contributed by atoms with van der Waals surface area (Å²) in [5, 5.41) is 22.5. The number of hydrogen-bond acceptors (Lipinski definition) is 5. The van der Waals surface area contributed by atoms with Crippen molar-refractivity contribution in [1.29, 1.82) is 0 Å². The highest BCUT2D eigenvalue weighted by molar-refractivity contribution is 6.00. The van der Waals surface area contributed by atoms with Crippen molar-refractivity contribution in [2.24, 2.45) is 0 Å². The SMILES string of the molecule is CCN(CCCO)C(=O)c1cc([N+](=O)[O-])ccc1NC. The van der Waals surface area contributed by atoms with Gasteiger partial charge in [0.25, 0.3) is 11.6 Å². The molecule has 7 nitrogen and oxygen atoms in total. The summed E-state index contributed by atoms with van der Waals surface area (Å²) in [5.74, 6) is -0.283. The molecule has 1 amide bonds. The number of hydrogen-bond donors (Lipinski definition) is 2. The third kappa shape index (κ3) is 3.67. The first-order chi connectivity index (χ1) is 9.54. The van der Waals surface area contributed by atoms with Gasteiger partial charge in [-0.1, -0.05) is 0 Å². The molecule has 1 aromatic carbocycles. The minimum absolute atomic E-state index is 0.00238. The number of nitro benzene ring substituents is 1. The first kappa shape index (κ1) is 15.9. The highest BCUT2D eigenvalue weighted by Gasteiger charge is 2.20. The number of nitro groups is 1. The van der Waals surface area contributed by atoms with Gasteiger partial charge in [0.15, 0.2) is 0 Å². The van der Waals surface area contributed by atoms with E-state index in [-0.39, 0.29) is 23.8 Å². The zero-order valence-electron chi connectivity index (χ0n) is 11.6. The van der Waals surface area contributed by atoms with Crippen LogP contribution in [-0.4, -0.2) is 47.6 Å². The van der Waals surface area contributed by atoms with E-state index in [1.54, 1.807) is 11.9 Å². The molecule has 0 aliphatic heterocycles. The lowest BCUT2D eigenvalue weighted by Crippen LogP contribution is -2.32. The molecular formula is C13H19N3O4. The van der Waals surface area contributed by atoms with E-state index in [0.717, 1.165) is 0 Å². The molecule has 0 spiro atoms. The topological polar surface area (TPSA) is 95.7 Å². The second kappa shape index (κ2) is 7.44. The molecule has 0 heterocycles. The number of amides is 1. The van der Waals surface area contributed by atoms with Gasteiger partial charge in [0.05, 0.1) is 10.5 Å². The molecule has 1 aromatic rings. The summed E-state index contributed by atoms with van der Waals surface area (Å²) >= 11 is 0. The lowest BCUT2D eigenvalue weighted by atomic mass is 10.1. The third-order valence-corrected chi connectivity index (χ3v) is 2.97. The molecule has 0 unspecified atom stereocenters. The van der Waals surface area contributed by atoms with E-state index in [1.807, 2.05) is 6.92 Å². The van der Waals surface area contributed by atoms with E-state index < -0.39 is 4.92 Å². The Morgan fingerprint density at radius 2 is 2.20 bits per heavy atom. The maximum absolute atomic E-state index is 12.4. The molecule has 0 aliphatic rings. The van der Waals surface area contributed by atoms with Crippen LogP contribution in [0.5, 0.6) is 0 Å². The molecule has 20 heavy (non-hydrogen) atoms. The van der Waals surface area contributed by atoms with Crippen LogP contribution >= 0.6 is 0 Å². The van der Waals surface area contributed by atoms with E-state index >= 15 is 0 Å². The van der Waals surface area contributed by atoms with Crippen molar-refractivity contribution in [2.75, 3.05) is 32.1 Å². The van der Waals surface area contributed by atoms with Gasteiger partial charge in [0.2, 0.25) is 0 Å². The highest BCUT2D eigenvalue weighted by Crippen LogP contribution is 2.23. The van der Waals surface area contributed by atoms with Crippen molar-refractivity contribution in [2.45, 2.75) is 13.3 Å². The van der Waals surface area contributed by atoms with Gasteiger partial charge in [-0.2, -0.15) is 0 Å². The lowest BCUT2D eigenvalue weighted by Gasteiger charge is -2.21. The zero-order chi connectivity index (χ0) is 15.1. The number of carbonyl (C=O) groups excluding carboxylic acids is 1. The maximum Gasteiger partial charge on any atom is 0.270 e. The zero-order valence-corrected chi connectivity index (χ0v) is 11.6. The summed E-state index contributed by atoms with van der Waals surface area (Å²) < 4.78 is 0. The number of non-ortho nitro benzene ring substituents is 1. The van der Waals surface area contributed by atoms with Gasteiger partial charge < -0.3 is 15.3 Å². The van der Waals surface area contributed by atoms with Crippen LogP contribution in [0, 0.1) is 10.1 Å². The van der Waals surface area contributed by atoms with Crippen LogP contribution in [0.4, 0.5) is 11.4 Å². The standard InChI is InChI=1S/C13H19N3O4/c1-3-15(7-4-8-17)13(18)11-9-10(16(19)20)5-6-12(11)14-2/h5-6,9,14,17H,3-4,7-8H2,1-2H3. The maximum atomic E-state index is 12.4. The molecular weight excluding hydrogens is 262 g/mol. The number of aliphatic hydroxyl groups is 1. The number of benzene rings is 1. The first-order valence-corrected chi connectivity index (χ1v) is 6.41. The number of carbonyl (C=O) groups is 1. The minimum atomic E-state index is -0.528. The molecule has 0 saturated heterocycles. The van der Waals surface area contributed by atoms with Crippen LogP contribution in [0.1, 0.15) is 23.7 Å². The molecule has 0 aliphatic carbocycles. The molecule has 0 bridgehead atoms. The van der Waals surface area contributed by atoms with Gasteiger partial charge in [0.1, 0.15) is 0 Å². The van der Waals surface area contributed by atoms with Crippen LogP contribution in [0.3, 0.4) is 0 Å². The van der Waals surface area contributed by atoms with Crippen molar-refractivity contribution in [1.82, 2.24) is 4.90 Å². The van der Waals surface area contributed by atoms with E-state index in [4.69, 9.17) is 5.11 Å². The van der Waals surface area contributed by atoms with Crippen molar-refractivity contribution >= 4 is 17.3 Å². The Hall–Kier alpha value is -2.15. The number of aliphatic hydroxyl groups excluding tert-OH is 1. The first-order valence-electron chi connectivity index (χ1n) is 6.41. The Morgan fingerprint density at radius 1 is 1.50 bits per heavy atom. The summed E-state index contributed by atoms with van der Waals surface area (Å²) in [6.07, 6.45) is 0.476. The Morgan fingerprint density at radius 3 is 2.70 bits per heavy atom. The largest absolute Gasteiger partial charge is 0.396 e. The second-order valence-corrected chi connectivity index (χ2v) is 4.20. The second-order valence-electron chi connectivity index (χ2n) is 4.20. The minimum Gasteiger partial charge on any atom is -0.396 e. The predicted molar refractivity (Wildman–Crippen MR) is 75.9 cm³/mol. The Labute approximate surface area is 117 Å². The van der Waals surface area contributed by atoms with Gasteiger partial charge in [-0.05, 0) is 19.4 Å². The van der Waals surface area contributed by atoms with E-state index in [2.05, 4.69) is 5.32 Å². The molecule has 1 rings (SSSR count). The van der Waals surface area contributed by atoms with Crippen LogP contribution in [0.2, 0.25) is 0 Å².